The molecule has 4 rings (SSSR count). The van der Waals surface area contributed by atoms with Crippen LogP contribution in [0, 0.1) is 0 Å². The van der Waals surface area contributed by atoms with Gasteiger partial charge in [0.25, 0.3) is 10.0 Å². The van der Waals surface area contributed by atoms with Gasteiger partial charge in [-0.1, -0.05) is 37.3 Å². The number of nitrogens with two attached hydrogens (primary N) is 1. The predicted octanol–water partition coefficient (Wildman–Crippen LogP) is 1.81. The largest absolute Gasteiger partial charge is 1.00 e. The first-order valence-corrected chi connectivity index (χ1v) is 13.5. The number of phenols is 1. The minimum Gasteiger partial charge on any atom is -0.744 e. The summed E-state index contributed by atoms with van der Waals surface area (Å²) in [5, 5.41) is 18.9. The number of phenolic OH excluding ortho intramolecular Hbond substituents is 1. The van der Waals surface area contributed by atoms with Crippen LogP contribution in [0.1, 0.15) is 12.5 Å². The van der Waals surface area contributed by atoms with Crippen molar-refractivity contribution < 1.29 is 56.1 Å². The van der Waals surface area contributed by atoms with E-state index in [2.05, 4.69) is 15.0 Å². The number of azo groups is 1. The van der Waals surface area contributed by atoms with Crippen LogP contribution >= 0.6 is 0 Å². The van der Waals surface area contributed by atoms with Crippen molar-refractivity contribution in [1.29, 1.82) is 0 Å². The zero-order chi connectivity index (χ0) is 26.1. The Morgan fingerprint density at radius 3 is 2.35 bits per heavy atom. The third-order valence-electron chi connectivity index (χ3n) is 5.40. The molecular weight excluding hydrogens is 527 g/mol. The fourth-order valence-electron chi connectivity index (χ4n) is 3.62. The van der Waals surface area contributed by atoms with E-state index >= 15 is 0 Å². The second-order valence-corrected chi connectivity index (χ2v) is 10.9. The second-order valence-electron chi connectivity index (χ2n) is 7.81. The predicted molar refractivity (Wildman–Crippen MR) is 135 cm³/mol. The maximum absolute atomic E-state index is 13.0. The van der Waals surface area contributed by atoms with E-state index in [-0.39, 0.29) is 62.3 Å². The number of nitrogens with zero attached hydrogens (tertiary/aromatic N) is 2. The Hall–Kier alpha value is -3.00. The molecule has 0 saturated heterocycles. The summed E-state index contributed by atoms with van der Waals surface area (Å²) in [5.74, 6) is -0.515. The van der Waals surface area contributed by atoms with E-state index in [4.69, 9.17) is 5.73 Å². The Labute approximate surface area is 236 Å². The van der Waals surface area contributed by atoms with Gasteiger partial charge in [0.05, 0.1) is 32.2 Å². The minimum atomic E-state index is -4.80. The van der Waals surface area contributed by atoms with E-state index in [1.807, 2.05) is 19.1 Å². The number of para-hydroxylation sites is 1. The molecule has 0 heterocycles. The van der Waals surface area contributed by atoms with Crippen LogP contribution in [0.4, 0.5) is 22.7 Å². The number of anilines is 2. The third-order valence-corrected chi connectivity index (χ3v) is 7.58. The van der Waals surface area contributed by atoms with E-state index in [0.717, 1.165) is 17.7 Å². The van der Waals surface area contributed by atoms with E-state index in [9.17, 15) is 26.5 Å². The Morgan fingerprint density at radius 1 is 0.919 bits per heavy atom. The molecule has 13 heteroatoms. The zero-order valence-corrected chi connectivity index (χ0v) is 23.5. The van der Waals surface area contributed by atoms with Crippen LogP contribution < -0.4 is 40.0 Å². The number of aryl methyl sites for hydroxylation is 1. The van der Waals surface area contributed by atoms with Crippen LogP contribution in [0.2, 0.25) is 0 Å². The van der Waals surface area contributed by atoms with E-state index in [1.165, 1.54) is 36.4 Å². The standard InChI is InChI=1S/C24H22N4O6S2.Na/c1-2-15-6-3-4-9-21(15)28-35(30,31)18-8-5-7-17(13-18)26-27-24-20(25)11-10-16-12-19(36(32,33)34)14-22(29)23(16)24;/h3-14,28-29H,2,25H2,1H3,(H,32,33,34);/q;+1/p-1. The van der Waals surface area contributed by atoms with Crippen molar-refractivity contribution in [2.24, 2.45) is 10.2 Å². The molecule has 0 unspecified atom stereocenters. The first kappa shape index (κ1) is 28.6. The monoisotopic (exact) mass is 548 g/mol. The maximum Gasteiger partial charge on any atom is 1.00 e. The fraction of sp³-hybridized carbons (Fsp3) is 0.0833. The van der Waals surface area contributed by atoms with E-state index in [0.29, 0.717) is 12.1 Å². The number of hydrogen-bond acceptors (Lipinski definition) is 9. The molecule has 0 spiro atoms. The number of hydrogen-bond donors (Lipinski definition) is 3. The molecular formula is C24H21N4NaO6S2. The number of rotatable bonds is 7. The van der Waals surface area contributed by atoms with Crippen molar-refractivity contribution in [1.82, 2.24) is 0 Å². The van der Waals surface area contributed by atoms with E-state index < -0.39 is 30.8 Å². The first-order valence-electron chi connectivity index (χ1n) is 10.6. The quantitative estimate of drug-likeness (QED) is 0.137. The Bertz CT molecular complexity index is 1730. The number of aromatic hydroxyl groups is 1. The summed E-state index contributed by atoms with van der Waals surface area (Å²) in [7, 11) is -8.72. The van der Waals surface area contributed by atoms with Gasteiger partial charge in [0.1, 0.15) is 21.6 Å². The summed E-state index contributed by atoms with van der Waals surface area (Å²) in [6.45, 7) is 1.92. The van der Waals surface area contributed by atoms with Gasteiger partial charge in [0, 0.05) is 0 Å². The molecule has 4 N–H and O–H groups in total. The maximum atomic E-state index is 13.0. The van der Waals surface area contributed by atoms with Crippen molar-refractivity contribution in [3.8, 4) is 5.75 Å². The number of nitrogens with one attached hydrogen (secondary N) is 1. The molecule has 0 aromatic heterocycles. The van der Waals surface area contributed by atoms with Gasteiger partial charge in [-0.2, -0.15) is 5.11 Å². The summed E-state index contributed by atoms with van der Waals surface area (Å²) in [6, 6.07) is 17.6. The van der Waals surface area contributed by atoms with Crippen molar-refractivity contribution in [2.45, 2.75) is 23.1 Å². The SMILES string of the molecule is CCc1ccccc1NS(=O)(=O)c1cccc(N=Nc2c(N)ccc3cc(S(=O)(=O)[O-])cc(O)c23)c1.[Na+]. The first-order chi connectivity index (χ1) is 17.0. The Morgan fingerprint density at radius 2 is 1.65 bits per heavy atom. The van der Waals surface area contributed by atoms with Crippen molar-refractivity contribution in [3.63, 3.8) is 0 Å². The summed E-state index contributed by atoms with van der Waals surface area (Å²) in [5.41, 5.74) is 7.67. The van der Waals surface area contributed by atoms with Gasteiger partial charge in [-0.05, 0) is 59.8 Å². The van der Waals surface area contributed by atoms with Crippen molar-refractivity contribution in [2.75, 3.05) is 10.5 Å². The smallest absolute Gasteiger partial charge is 0.744 e. The molecule has 4 aromatic rings. The molecule has 186 valence electrons. The van der Waals surface area contributed by atoms with Gasteiger partial charge in [-0.3, -0.25) is 4.72 Å². The fourth-order valence-corrected chi connectivity index (χ4v) is 5.29. The van der Waals surface area contributed by atoms with Crippen molar-refractivity contribution in [3.05, 3.63) is 78.4 Å². The molecule has 0 atom stereocenters. The van der Waals surface area contributed by atoms with Crippen LogP contribution in [0.15, 0.2) is 92.8 Å². The van der Waals surface area contributed by atoms with Crippen LogP contribution in [0.3, 0.4) is 0 Å². The topological polar surface area (TPSA) is 174 Å². The number of fused-ring (bicyclic) bond motifs is 1. The molecule has 10 nitrogen and oxygen atoms in total. The molecule has 4 aromatic carbocycles. The minimum absolute atomic E-state index is 0. The molecule has 0 fully saturated rings. The molecule has 0 radical (unpaired) electrons. The van der Waals surface area contributed by atoms with Crippen LogP contribution in [0.25, 0.3) is 10.8 Å². The summed E-state index contributed by atoms with van der Waals surface area (Å²) in [4.78, 5) is -0.640. The van der Waals surface area contributed by atoms with Crippen LogP contribution in [0.5, 0.6) is 5.75 Å². The average molecular weight is 549 g/mol. The molecule has 37 heavy (non-hydrogen) atoms. The van der Waals surface area contributed by atoms with Gasteiger partial charge in [0.2, 0.25) is 0 Å². The molecule has 0 aliphatic rings. The summed E-state index contributed by atoms with van der Waals surface area (Å²) >= 11 is 0. The summed E-state index contributed by atoms with van der Waals surface area (Å²) < 4.78 is 62.6. The average Bonchev–Trinajstić information content (AvgIpc) is 2.83. The van der Waals surface area contributed by atoms with Crippen LogP contribution in [-0.2, 0) is 26.6 Å². The van der Waals surface area contributed by atoms with Crippen LogP contribution in [-0.4, -0.2) is 26.5 Å². The molecule has 0 aliphatic heterocycles. The molecule has 0 aliphatic carbocycles. The number of sulfonamides is 1. The van der Waals surface area contributed by atoms with E-state index in [1.54, 1.807) is 12.1 Å². The number of benzene rings is 4. The van der Waals surface area contributed by atoms with Gasteiger partial charge in [-0.15, -0.1) is 5.11 Å². The Kier molecular flexibility index (Phi) is 8.63. The molecule has 0 amide bonds. The third kappa shape index (κ3) is 6.29. The number of nitrogen functional groups attached to an aromatic ring is 1. The van der Waals surface area contributed by atoms with Gasteiger partial charge in [-0.25, -0.2) is 16.8 Å². The van der Waals surface area contributed by atoms with Gasteiger partial charge >= 0.3 is 29.6 Å². The molecule has 0 bridgehead atoms. The Balaban J connectivity index is 0.00000380. The van der Waals surface area contributed by atoms with Crippen molar-refractivity contribution >= 4 is 53.7 Å². The normalized spacial score (nSPS) is 11.9. The molecule has 0 saturated carbocycles. The second kappa shape index (κ2) is 11.2. The zero-order valence-electron chi connectivity index (χ0n) is 19.9. The van der Waals surface area contributed by atoms with Gasteiger partial charge < -0.3 is 15.4 Å². The van der Waals surface area contributed by atoms with Gasteiger partial charge in [0.15, 0.2) is 0 Å². The summed E-state index contributed by atoms with van der Waals surface area (Å²) in [6.07, 6.45) is 0.647.